The van der Waals surface area contributed by atoms with E-state index in [0.29, 0.717) is 22.8 Å². The van der Waals surface area contributed by atoms with E-state index >= 15 is 0 Å². The Labute approximate surface area is 157 Å². The van der Waals surface area contributed by atoms with Crippen LogP contribution in [-0.2, 0) is 0 Å². The van der Waals surface area contributed by atoms with Crippen molar-refractivity contribution in [1.29, 1.82) is 0 Å². The van der Waals surface area contributed by atoms with E-state index in [1.165, 1.54) is 11.8 Å². The van der Waals surface area contributed by atoms with Gasteiger partial charge < -0.3 is 19.2 Å². The third-order valence-electron chi connectivity index (χ3n) is 4.70. The summed E-state index contributed by atoms with van der Waals surface area (Å²) in [6.07, 6.45) is 4.94. The molecule has 3 heterocycles. The van der Waals surface area contributed by atoms with Crippen molar-refractivity contribution in [2.45, 2.75) is 13.8 Å². The molecule has 0 unspecified atom stereocenters. The highest BCUT2D eigenvalue weighted by molar-refractivity contribution is 6.27. The van der Waals surface area contributed by atoms with E-state index < -0.39 is 0 Å². The molecule has 1 fully saturated rings. The summed E-state index contributed by atoms with van der Waals surface area (Å²) in [6, 6.07) is 0. The van der Waals surface area contributed by atoms with Gasteiger partial charge >= 0.3 is 0 Å². The topological polar surface area (TPSA) is 65.4 Å². The number of aromatic amines is 1. The van der Waals surface area contributed by atoms with Crippen LogP contribution in [0.25, 0.3) is 23.4 Å². The minimum atomic E-state index is -0.215. The second kappa shape index (κ2) is 7.93. The number of rotatable bonds is 5. The standard InChI is InChI=1S/C19H23ClN4O2/c1-4-15-14(6-7-20)18(24-10-8-23(5-2)9-11-24)17(19(25)22-15)16-12-26-13(3)21-16/h4,6-7,12H,1,5,8-11H2,2-3H3,(H,22,25)/b7-6+. The molecule has 0 aromatic carbocycles. The first-order valence-electron chi connectivity index (χ1n) is 8.68. The molecule has 0 spiro atoms. The molecule has 0 radical (unpaired) electrons. The summed E-state index contributed by atoms with van der Waals surface area (Å²) >= 11 is 5.90. The number of piperazine rings is 1. The summed E-state index contributed by atoms with van der Waals surface area (Å²) in [7, 11) is 0. The van der Waals surface area contributed by atoms with Crippen molar-refractivity contribution in [1.82, 2.24) is 14.9 Å². The number of aryl methyl sites for hydroxylation is 1. The Morgan fingerprint density at radius 1 is 1.38 bits per heavy atom. The van der Waals surface area contributed by atoms with Crippen LogP contribution >= 0.6 is 11.6 Å². The lowest BCUT2D eigenvalue weighted by Gasteiger charge is -2.37. The Morgan fingerprint density at radius 2 is 2.12 bits per heavy atom. The van der Waals surface area contributed by atoms with Crippen molar-refractivity contribution in [3.8, 4) is 11.3 Å². The monoisotopic (exact) mass is 374 g/mol. The van der Waals surface area contributed by atoms with E-state index in [1.807, 2.05) is 0 Å². The fraction of sp³-hybridized carbons (Fsp3) is 0.368. The van der Waals surface area contributed by atoms with Crippen LogP contribution in [0.15, 0.2) is 27.6 Å². The van der Waals surface area contributed by atoms with Crippen molar-refractivity contribution >= 4 is 29.4 Å². The highest BCUT2D eigenvalue weighted by atomic mass is 35.5. The average molecular weight is 375 g/mol. The van der Waals surface area contributed by atoms with Crippen LogP contribution in [0, 0.1) is 6.92 Å². The molecule has 1 aliphatic rings. The molecule has 0 atom stereocenters. The number of H-pyrrole nitrogens is 1. The van der Waals surface area contributed by atoms with Gasteiger partial charge in [0.25, 0.3) is 5.56 Å². The molecule has 0 amide bonds. The number of hydrogen-bond acceptors (Lipinski definition) is 5. The predicted molar refractivity (Wildman–Crippen MR) is 107 cm³/mol. The van der Waals surface area contributed by atoms with Gasteiger partial charge in [0.2, 0.25) is 0 Å². The lowest BCUT2D eigenvalue weighted by Crippen LogP contribution is -2.47. The third-order valence-corrected chi connectivity index (χ3v) is 4.83. The van der Waals surface area contributed by atoms with E-state index in [4.69, 9.17) is 16.0 Å². The van der Waals surface area contributed by atoms with Gasteiger partial charge in [0.05, 0.1) is 11.3 Å². The molecule has 7 heteroatoms. The fourth-order valence-corrected chi connectivity index (χ4v) is 3.47. The van der Waals surface area contributed by atoms with Crippen LogP contribution in [0.5, 0.6) is 0 Å². The molecule has 3 rings (SSSR count). The van der Waals surface area contributed by atoms with Gasteiger partial charge in [0.15, 0.2) is 5.89 Å². The highest BCUT2D eigenvalue weighted by Gasteiger charge is 2.26. The van der Waals surface area contributed by atoms with Gasteiger partial charge in [-0.15, -0.1) is 0 Å². The Balaban J connectivity index is 2.22. The van der Waals surface area contributed by atoms with Crippen molar-refractivity contribution in [3.63, 3.8) is 0 Å². The van der Waals surface area contributed by atoms with Gasteiger partial charge in [-0.3, -0.25) is 4.79 Å². The van der Waals surface area contributed by atoms with Gasteiger partial charge in [-0.1, -0.05) is 25.1 Å². The highest BCUT2D eigenvalue weighted by Crippen LogP contribution is 2.34. The molecule has 1 aliphatic heterocycles. The number of nitrogens with zero attached hydrogens (tertiary/aromatic N) is 3. The number of likely N-dealkylation sites (N-methyl/N-ethyl adjacent to an activating group) is 1. The number of halogens is 1. The van der Waals surface area contributed by atoms with Crippen molar-refractivity contribution in [2.75, 3.05) is 37.6 Å². The molecular weight excluding hydrogens is 352 g/mol. The van der Waals surface area contributed by atoms with E-state index in [2.05, 4.69) is 33.3 Å². The number of hydrogen-bond donors (Lipinski definition) is 1. The number of pyridine rings is 1. The van der Waals surface area contributed by atoms with Crippen LogP contribution in [0.3, 0.4) is 0 Å². The van der Waals surface area contributed by atoms with Gasteiger partial charge in [-0.25, -0.2) is 4.98 Å². The summed E-state index contributed by atoms with van der Waals surface area (Å²) in [4.78, 5) is 24.7. The Morgan fingerprint density at radius 3 is 2.65 bits per heavy atom. The molecule has 2 aromatic heterocycles. The minimum Gasteiger partial charge on any atom is -0.449 e. The summed E-state index contributed by atoms with van der Waals surface area (Å²) < 4.78 is 5.35. The smallest absolute Gasteiger partial charge is 0.260 e. The van der Waals surface area contributed by atoms with E-state index in [0.717, 1.165) is 44.0 Å². The van der Waals surface area contributed by atoms with Crippen molar-refractivity contribution in [3.05, 3.63) is 45.9 Å². The number of oxazole rings is 1. The molecular formula is C19H23ClN4O2. The molecule has 138 valence electrons. The third kappa shape index (κ3) is 3.48. The zero-order chi connectivity index (χ0) is 18.7. The first-order valence-corrected chi connectivity index (χ1v) is 9.12. The largest absolute Gasteiger partial charge is 0.449 e. The molecule has 0 aliphatic carbocycles. The lowest BCUT2D eigenvalue weighted by molar-refractivity contribution is 0.271. The van der Waals surface area contributed by atoms with Gasteiger partial charge in [0, 0.05) is 49.9 Å². The van der Waals surface area contributed by atoms with Crippen LogP contribution in [0.1, 0.15) is 24.1 Å². The molecule has 1 saturated heterocycles. The zero-order valence-corrected chi connectivity index (χ0v) is 15.8. The van der Waals surface area contributed by atoms with Crippen LogP contribution in [0.4, 0.5) is 5.69 Å². The molecule has 2 aromatic rings. The van der Waals surface area contributed by atoms with Crippen LogP contribution < -0.4 is 10.5 Å². The molecule has 6 nitrogen and oxygen atoms in total. The van der Waals surface area contributed by atoms with E-state index in [9.17, 15) is 4.79 Å². The van der Waals surface area contributed by atoms with Gasteiger partial charge in [-0.05, 0) is 18.7 Å². The minimum absolute atomic E-state index is 0.215. The van der Waals surface area contributed by atoms with Crippen molar-refractivity contribution < 1.29 is 4.42 Å². The first-order chi connectivity index (χ1) is 12.6. The Bertz CT molecular complexity index is 876. The lowest BCUT2D eigenvalue weighted by atomic mass is 10.0. The summed E-state index contributed by atoms with van der Waals surface area (Å²) in [5.41, 5.74) is 4.56. The van der Waals surface area contributed by atoms with E-state index in [1.54, 1.807) is 19.1 Å². The second-order valence-corrected chi connectivity index (χ2v) is 6.43. The fourth-order valence-electron chi connectivity index (χ4n) is 3.35. The molecule has 0 saturated carbocycles. The second-order valence-electron chi connectivity index (χ2n) is 6.17. The molecule has 0 bridgehead atoms. The molecule has 26 heavy (non-hydrogen) atoms. The van der Waals surface area contributed by atoms with Gasteiger partial charge in [-0.2, -0.15) is 0 Å². The summed E-state index contributed by atoms with van der Waals surface area (Å²) in [5, 5.41) is 0. The maximum atomic E-state index is 12.9. The molecule has 1 N–H and O–H groups in total. The first kappa shape index (κ1) is 18.5. The zero-order valence-electron chi connectivity index (χ0n) is 15.1. The SMILES string of the molecule is C=Cc1[nH]c(=O)c(-c2coc(C)n2)c(N2CCN(CC)CC2)c1/C=C/Cl. The van der Waals surface area contributed by atoms with Crippen molar-refractivity contribution in [2.24, 2.45) is 0 Å². The normalized spacial score (nSPS) is 15.7. The number of nitrogens with one attached hydrogen (secondary N) is 1. The maximum absolute atomic E-state index is 12.9. The quantitative estimate of drug-likeness (QED) is 0.869. The number of aromatic nitrogens is 2. The van der Waals surface area contributed by atoms with Crippen LogP contribution in [-0.4, -0.2) is 47.6 Å². The Kier molecular flexibility index (Phi) is 5.64. The van der Waals surface area contributed by atoms with E-state index in [-0.39, 0.29) is 5.56 Å². The number of anilines is 1. The van der Waals surface area contributed by atoms with Crippen LogP contribution in [0.2, 0.25) is 0 Å². The average Bonchev–Trinajstić information content (AvgIpc) is 3.08. The summed E-state index contributed by atoms with van der Waals surface area (Å²) in [6.45, 7) is 12.3. The predicted octanol–water partition coefficient (Wildman–Crippen LogP) is 3.33. The Hall–Kier alpha value is -2.31. The maximum Gasteiger partial charge on any atom is 0.260 e. The summed E-state index contributed by atoms with van der Waals surface area (Å²) in [5.74, 6) is 0.517. The van der Waals surface area contributed by atoms with Gasteiger partial charge in [0.1, 0.15) is 12.0 Å².